The largest absolute Gasteiger partial charge is 0.359 e. The number of amides is 1. The molecule has 19 heavy (non-hydrogen) atoms. The Labute approximate surface area is 116 Å². The molecular weight excluding hydrogens is 242 g/mol. The highest BCUT2D eigenvalue weighted by atomic mass is 16.1. The number of nitrogens with two attached hydrogens (primary N) is 1. The van der Waals surface area contributed by atoms with Crippen molar-refractivity contribution in [1.82, 2.24) is 20.9 Å². The third-order valence-electron chi connectivity index (χ3n) is 3.77. The first-order valence-electron chi connectivity index (χ1n) is 7.24. The highest BCUT2D eigenvalue weighted by Gasteiger charge is 2.30. The zero-order valence-electron chi connectivity index (χ0n) is 12.2. The van der Waals surface area contributed by atoms with Crippen LogP contribution in [-0.4, -0.2) is 69.7 Å². The summed E-state index contributed by atoms with van der Waals surface area (Å²) in [5.41, 5.74) is 5.59. The van der Waals surface area contributed by atoms with E-state index >= 15 is 0 Å². The van der Waals surface area contributed by atoms with Crippen molar-refractivity contribution < 1.29 is 4.79 Å². The van der Waals surface area contributed by atoms with E-state index in [4.69, 9.17) is 5.73 Å². The minimum Gasteiger partial charge on any atom is -0.359 e. The molecule has 1 aliphatic heterocycles. The van der Waals surface area contributed by atoms with Gasteiger partial charge in [0.15, 0.2) is 0 Å². The number of likely N-dealkylation sites (tertiary alicyclic amines) is 1. The van der Waals surface area contributed by atoms with E-state index in [1.807, 2.05) is 7.05 Å². The molecule has 0 aliphatic carbocycles. The molecule has 0 bridgehead atoms. The number of hydrogen-bond donors (Lipinski definition) is 4. The Morgan fingerprint density at radius 1 is 1.42 bits per heavy atom. The topological polar surface area (TPSA) is 82.4 Å². The third kappa shape index (κ3) is 5.86. The SMILES string of the molecule is CNC(=O)CCNCC1CC(NC)CN1CCCN. The molecule has 0 aromatic carbocycles. The lowest BCUT2D eigenvalue weighted by atomic mass is 10.1. The predicted octanol–water partition coefficient (Wildman–Crippen LogP) is -1.28. The molecule has 6 nitrogen and oxygen atoms in total. The van der Waals surface area contributed by atoms with E-state index in [0.717, 1.165) is 45.6 Å². The highest BCUT2D eigenvalue weighted by molar-refractivity contribution is 5.75. The van der Waals surface area contributed by atoms with Crippen LogP contribution < -0.4 is 21.7 Å². The maximum absolute atomic E-state index is 11.1. The first-order chi connectivity index (χ1) is 9.21. The van der Waals surface area contributed by atoms with Crippen molar-refractivity contribution in [3.63, 3.8) is 0 Å². The monoisotopic (exact) mass is 271 g/mol. The molecule has 1 amide bonds. The molecule has 2 atom stereocenters. The summed E-state index contributed by atoms with van der Waals surface area (Å²) < 4.78 is 0. The van der Waals surface area contributed by atoms with Crippen LogP contribution in [0.25, 0.3) is 0 Å². The van der Waals surface area contributed by atoms with Crippen molar-refractivity contribution >= 4 is 5.91 Å². The van der Waals surface area contributed by atoms with E-state index in [2.05, 4.69) is 20.9 Å². The van der Waals surface area contributed by atoms with E-state index in [9.17, 15) is 4.79 Å². The van der Waals surface area contributed by atoms with Gasteiger partial charge in [0, 0.05) is 45.2 Å². The van der Waals surface area contributed by atoms with Crippen LogP contribution in [0.5, 0.6) is 0 Å². The number of carbonyl (C=O) groups is 1. The number of carbonyl (C=O) groups excluding carboxylic acids is 1. The summed E-state index contributed by atoms with van der Waals surface area (Å²) in [6.07, 6.45) is 2.75. The second-order valence-electron chi connectivity index (χ2n) is 5.14. The van der Waals surface area contributed by atoms with Crippen LogP contribution >= 0.6 is 0 Å². The maximum Gasteiger partial charge on any atom is 0.221 e. The lowest BCUT2D eigenvalue weighted by Gasteiger charge is -2.24. The van der Waals surface area contributed by atoms with Gasteiger partial charge in [0.05, 0.1) is 0 Å². The molecule has 1 aliphatic rings. The molecule has 5 N–H and O–H groups in total. The fourth-order valence-corrected chi connectivity index (χ4v) is 2.57. The van der Waals surface area contributed by atoms with Crippen LogP contribution in [-0.2, 0) is 4.79 Å². The molecule has 0 saturated carbocycles. The molecule has 0 aromatic heterocycles. The van der Waals surface area contributed by atoms with Gasteiger partial charge < -0.3 is 21.7 Å². The second-order valence-corrected chi connectivity index (χ2v) is 5.14. The minimum atomic E-state index is 0.0898. The average Bonchev–Trinajstić information content (AvgIpc) is 2.83. The average molecular weight is 271 g/mol. The van der Waals surface area contributed by atoms with Gasteiger partial charge >= 0.3 is 0 Å². The summed E-state index contributed by atoms with van der Waals surface area (Å²) in [6.45, 7) is 4.59. The number of rotatable bonds is 9. The van der Waals surface area contributed by atoms with Gasteiger partial charge in [-0.25, -0.2) is 0 Å². The molecular formula is C13H29N5O. The zero-order chi connectivity index (χ0) is 14.1. The van der Waals surface area contributed by atoms with Gasteiger partial charge in [0.2, 0.25) is 5.91 Å². The fraction of sp³-hybridized carbons (Fsp3) is 0.923. The van der Waals surface area contributed by atoms with Gasteiger partial charge in [-0.2, -0.15) is 0 Å². The fourth-order valence-electron chi connectivity index (χ4n) is 2.57. The van der Waals surface area contributed by atoms with Crippen LogP contribution in [0.2, 0.25) is 0 Å². The molecule has 6 heteroatoms. The molecule has 112 valence electrons. The van der Waals surface area contributed by atoms with Gasteiger partial charge in [-0.1, -0.05) is 0 Å². The van der Waals surface area contributed by atoms with Crippen LogP contribution in [0.3, 0.4) is 0 Å². The lowest BCUT2D eigenvalue weighted by Crippen LogP contribution is -2.40. The van der Waals surface area contributed by atoms with Gasteiger partial charge in [-0.05, 0) is 33.0 Å². The third-order valence-corrected chi connectivity index (χ3v) is 3.77. The molecule has 1 rings (SSSR count). The predicted molar refractivity (Wildman–Crippen MR) is 78.1 cm³/mol. The summed E-state index contributed by atoms with van der Waals surface area (Å²) >= 11 is 0. The summed E-state index contributed by atoms with van der Waals surface area (Å²) in [5, 5.41) is 9.37. The van der Waals surface area contributed by atoms with E-state index in [0.29, 0.717) is 18.5 Å². The lowest BCUT2D eigenvalue weighted by molar-refractivity contribution is -0.120. The van der Waals surface area contributed by atoms with E-state index < -0.39 is 0 Å². The van der Waals surface area contributed by atoms with Crippen LogP contribution in [0, 0.1) is 0 Å². The molecule has 1 fully saturated rings. The van der Waals surface area contributed by atoms with E-state index in [1.165, 1.54) is 0 Å². The standard InChI is InChI=1S/C13H29N5O/c1-15-11-8-12(18(10-11)7-3-5-14)9-17-6-4-13(19)16-2/h11-12,15,17H,3-10,14H2,1-2H3,(H,16,19). The maximum atomic E-state index is 11.1. The number of likely N-dealkylation sites (N-methyl/N-ethyl adjacent to an activating group) is 1. The van der Waals surface area contributed by atoms with Crippen molar-refractivity contribution in [3.05, 3.63) is 0 Å². The molecule has 0 radical (unpaired) electrons. The summed E-state index contributed by atoms with van der Waals surface area (Å²) in [6, 6.07) is 1.12. The Kier molecular flexibility index (Phi) is 7.97. The summed E-state index contributed by atoms with van der Waals surface area (Å²) in [5.74, 6) is 0.0898. The highest BCUT2D eigenvalue weighted by Crippen LogP contribution is 2.17. The molecule has 1 saturated heterocycles. The number of nitrogens with one attached hydrogen (secondary N) is 3. The van der Waals surface area contributed by atoms with Crippen molar-refractivity contribution in [2.75, 3.05) is 46.8 Å². The number of hydrogen-bond acceptors (Lipinski definition) is 5. The normalized spacial score (nSPS) is 23.7. The summed E-state index contributed by atoms with van der Waals surface area (Å²) in [4.78, 5) is 13.6. The quantitative estimate of drug-likeness (QED) is 0.393. The van der Waals surface area contributed by atoms with Crippen molar-refractivity contribution in [2.45, 2.75) is 31.3 Å². The van der Waals surface area contributed by atoms with E-state index in [1.54, 1.807) is 7.05 Å². The minimum absolute atomic E-state index is 0.0898. The first kappa shape index (κ1) is 16.4. The van der Waals surface area contributed by atoms with Gasteiger partial charge in [0.1, 0.15) is 0 Å². The van der Waals surface area contributed by atoms with Crippen molar-refractivity contribution in [2.24, 2.45) is 5.73 Å². The molecule has 2 unspecified atom stereocenters. The van der Waals surface area contributed by atoms with Gasteiger partial charge in [0.25, 0.3) is 0 Å². The summed E-state index contributed by atoms with van der Waals surface area (Å²) in [7, 11) is 3.69. The molecule has 0 spiro atoms. The Hall–Kier alpha value is -0.690. The van der Waals surface area contributed by atoms with Crippen LogP contribution in [0.4, 0.5) is 0 Å². The molecule has 1 heterocycles. The van der Waals surface area contributed by atoms with E-state index in [-0.39, 0.29) is 5.91 Å². The second kappa shape index (κ2) is 9.25. The van der Waals surface area contributed by atoms with Gasteiger partial charge in [-0.3, -0.25) is 9.69 Å². The molecule has 0 aromatic rings. The smallest absolute Gasteiger partial charge is 0.221 e. The zero-order valence-corrected chi connectivity index (χ0v) is 12.2. The Morgan fingerprint density at radius 2 is 2.21 bits per heavy atom. The Morgan fingerprint density at radius 3 is 2.84 bits per heavy atom. The van der Waals surface area contributed by atoms with Crippen molar-refractivity contribution in [1.29, 1.82) is 0 Å². The number of nitrogens with zero attached hydrogens (tertiary/aromatic N) is 1. The Bertz CT molecular complexity index is 261. The first-order valence-corrected chi connectivity index (χ1v) is 7.24. The van der Waals surface area contributed by atoms with Gasteiger partial charge in [-0.15, -0.1) is 0 Å². The van der Waals surface area contributed by atoms with Crippen LogP contribution in [0.15, 0.2) is 0 Å². The van der Waals surface area contributed by atoms with Crippen LogP contribution in [0.1, 0.15) is 19.3 Å². The van der Waals surface area contributed by atoms with Crippen molar-refractivity contribution in [3.8, 4) is 0 Å². The Balaban J connectivity index is 2.26.